The Kier molecular flexibility index (Phi) is 3.40. The van der Waals surface area contributed by atoms with Gasteiger partial charge >= 0.3 is 0 Å². The number of carbonyl (C=O) groups is 1. The number of nitrogens with one attached hydrogen (secondary N) is 1. The zero-order valence-corrected chi connectivity index (χ0v) is 8.12. The molecule has 0 aromatic heterocycles. The summed E-state index contributed by atoms with van der Waals surface area (Å²) in [5.41, 5.74) is 7.77. The molecule has 0 saturated carbocycles. The first-order chi connectivity index (χ1) is 6.64. The summed E-state index contributed by atoms with van der Waals surface area (Å²) in [6.45, 7) is 0.517. The van der Waals surface area contributed by atoms with E-state index >= 15 is 0 Å². The molecule has 1 aliphatic rings. The van der Waals surface area contributed by atoms with Crippen LogP contribution in [0.4, 0.5) is 0 Å². The molecule has 0 spiro atoms. The van der Waals surface area contributed by atoms with Crippen molar-refractivity contribution >= 4 is 5.91 Å². The fourth-order valence-electron chi connectivity index (χ4n) is 1.46. The molecule has 5 nitrogen and oxygen atoms in total. The second-order valence-corrected chi connectivity index (χ2v) is 3.20. The summed E-state index contributed by atoms with van der Waals surface area (Å²) in [4.78, 5) is 11.2. The normalized spacial score (nSPS) is 26.0. The first kappa shape index (κ1) is 10.9. The van der Waals surface area contributed by atoms with E-state index in [1.54, 1.807) is 12.2 Å². The molecule has 1 amide bonds. The summed E-state index contributed by atoms with van der Waals surface area (Å²) in [5, 5.41) is 0. The molecule has 1 rings (SSSR count). The molecule has 1 atom stereocenters. The van der Waals surface area contributed by atoms with Crippen molar-refractivity contribution in [2.45, 2.75) is 12.0 Å². The van der Waals surface area contributed by atoms with Crippen LogP contribution in [-0.4, -0.2) is 25.2 Å². The van der Waals surface area contributed by atoms with E-state index in [2.05, 4.69) is 5.43 Å². The minimum atomic E-state index is -1.01. The number of hydrazine groups is 1. The number of allylic oxidation sites excluding steroid dienone is 2. The molecule has 0 aliphatic heterocycles. The Bertz CT molecular complexity index is 286. The van der Waals surface area contributed by atoms with E-state index in [4.69, 9.17) is 16.3 Å². The average Bonchev–Trinajstić information content (AvgIpc) is 2.18. The number of nitrogens with two attached hydrogens (primary N) is 2. The van der Waals surface area contributed by atoms with Crippen molar-refractivity contribution in [1.29, 1.82) is 0 Å². The lowest BCUT2D eigenvalue weighted by atomic mass is 9.89. The van der Waals surface area contributed by atoms with Gasteiger partial charge in [-0.25, -0.2) is 0 Å². The standard InChI is InChI=1S/C9H15N3O2/c1-14-9(8(10)13)4-2-3-7(5-9)6-12-11/h2-4,12H,5-6,11H2,1H3,(H2,10,13). The van der Waals surface area contributed by atoms with E-state index in [1.807, 2.05) is 6.08 Å². The van der Waals surface area contributed by atoms with E-state index < -0.39 is 11.5 Å². The van der Waals surface area contributed by atoms with Crippen LogP contribution in [0.15, 0.2) is 23.8 Å². The van der Waals surface area contributed by atoms with Crippen LogP contribution in [0.1, 0.15) is 6.42 Å². The Labute approximate surface area is 82.7 Å². The summed E-state index contributed by atoms with van der Waals surface area (Å²) in [6.07, 6.45) is 5.75. The van der Waals surface area contributed by atoms with Crippen molar-refractivity contribution < 1.29 is 9.53 Å². The number of hydrogen-bond donors (Lipinski definition) is 3. The van der Waals surface area contributed by atoms with E-state index in [1.165, 1.54) is 7.11 Å². The van der Waals surface area contributed by atoms with Gasteiger partial charge in [-0.3, -0.25) is 16.1 Å². The van der Waals surface area contributed by atoms with Gasteiger partial charge in [0.05, 0.1) is 0 Å². The first-order valence-corrected chi connectivity index (χ1v) is 4.30. The van der Waals surface area contributed by atoms with Gasteiger partial charge in [-0.05, 0) is 6.08 Å². The van der Waals surface area contributed by atoms with Crippen molar-refractivity contribution in [3.05, 3.63) is 23.8 Å². The third-order valence-corrected chi connectivity index (χ3v) is 2.30. The van der Waals surface area contributed by atoms with Crippen LogP contribution in [0.25, 0.3) is 0 Å². The van der Waals surface area contributed by atoms with Gasteiger partial charge in [0.1, 0.15) is 0 Å². The van der Waals surface area contributed by atoms with Crippen LogP contribution in [0.5, 0.6) is 0 Å². The minimum absolute atomic E-state index is 0.444. The molecule has 0 heterocycles. The van der Waals surface area contributed by atoms with Gasteiger partial charge in [-0.1, -0.05) is 17.7 Å². The number of methoxy groups -OCH3 is 1. The molecule has 5 heteroatoms. The van der Waals surface area contributed by atoms with Crippen molar-refractivity contribution in [2.75, 3.05) is 13.7 Å². The van der Waals surface area contributed by atoms with Gasteiger partial charge in [0, 0.05) is 20.1 Å². The fraction of sp³-hybridized carbons (Fsp3) is 0.444. The monoisotopic (exact) mass is 197 g/mol. The van der Waals surface area contributed by atoms with E-state index in [0.717, 1.165) is 5.57 Å². The third-order valence-electron chi connectivity index (χ3n) is 2.30. The predicted molar refractivity (Wildman–Crippen MR) is 53.0 cm³/mol. The van der Waals surface area contributed by atoms with E-state index in [-0.39, 0.29) is 0 Å². The molecule has 14 heavy (non-hydrogen) atoms. The second-order valence-electron chi connectivity index (χ2n) is 3.20. The Morgan fingerprint density at radius 3 is 3.00 bits per heavy atom. The molecule has 1 unspecified atom stereocenters. The topological polar surface area (TPSA) is 90.4 Å². The average molecular weight is 197 g/mol. The van der Waals surface area contributed by atoms with Gasteiger partial charge in [-0.15, -0.1) is 0 Å². The number of ether oxygens (including phenoxy) is 1. The van der Waals surface area contributed by atoms with Crippen molar-refractivity contribution in [3.8, 4) is 0 Å². The molecular formula is C9H15N3O2. The van der Waals surface area contributed by atoms with Gasteiger partial charge in [-0.2, -0.15) is 0 Å². The highest BCUT2D eigenvalue weighted by Gasteiger charge is 2.35. The Hall–Kier alpha value is -1.17. The van der Waals surface area contributed by atoms with Crippen LogP contribution >= 0.6 is 0 Å². The van der Waals surface area contributed by atoms with Crippen LogP contribution in [0.2, 0.25) is 0 Å². The molecule has 5 N–H and O–H groups in total. The number of carbonyl (C=O) groups excluding carboxylic acids is 1. The lowest BCUT2D eigenvalue weighted by molar-refractivity contribution is -0.134. The van der Waals surface area contributed by atoms with E-state index in [0.29, 0.717) is 13.0 Å². The SMILES string of the molecule is COC1(C(N)=O)C=CC=C(CNN)C1. The number of amides is 1. The van der Waals surface area contributed by atoms with Crippen LogP contribution in [0.3, 0.4) is 0 Å². The minimum Gasteiger partial charge on any atom is -0.367 e. The maximum atomic E-state index is 11.2. The van der Waals surface area contributed by atoms with Crippen LogP contribution in [0, 0.1) is 0 Å². The van der Waals surface area contributed by atoms with Gasteiger partial charge in [0.25, 0.3) is 5.91 Å². The second kappa shape index (κ2) is 4.36. The maximum Gasteiger partial charge on any atom is 0.254 e. The highest BCUT2D eigenvalue weighted by Crippen LogP contribution is 2.25. The first-order valence-electron chi connectivity index (χ1n) is 4.30. The highest BCUT2D eigenvalue weighted by molar-refractivity contribution is 5.86. The quantitative estimate of drug-likeness (QED) is 0.407. The summed E-state index contributed by atoms with van der Waals surface area (Å²) < 4.78 is 5.15. The summed E-state index contributed by atoms with van der Waals surface area (Å²) in [5.74, 6) is 4.71. The van der Waals surface area contributed by atoms with Crippen molar-refractivity contribution in [1.82, 2.24) is 5.43 Å². The Balaban J connectivity index is 2.81. The van der Waals surface area contributed by atoms with Crippen LogP contribution < -0.4 is 17.0 Å². The highest BCUT2D eigenvalue weighted by atomic mass is 16.5. The Morgan fingerprint density at radius 1 is 1.79 bits per heavy atom. The lowest BCUT2D eigenvalue weighted by Crippen LogP contribution is -2.46. The zero-order chi connectivity index (χ0) is 10.6. The summed E-state index contributed by atoms with van der Waals surface area (Å²) in [7, 11) is 1.47. The van der Waals surface area contributed by atoms with Crippen LogP contribution in [-0.2, 0) is 9.53 Å². The molecule has 0 bridgehead atoms. The molecule has 0 aromatic rings. The number of hydrogen-bond acceptors (Lipinski definition) is 4. The smallest absolute Gasteiger partial charge is 0.254 e. The molecule has 0 radical (unpaired) electrons. The number of primary amides is 1. The predicted octanol–water partition coefficient (Wildman–Crippen LogP) is -0.793. The maximum absolute atomic E-state index is 11.2. The molecular weight excluding hydrogens is 182 g/mol. The zero-order valence-electron chi connectivity index (χ0n) is 8.12. The molecule has 1 aliphatic carbocycles. The molecule has 78 valence electrons. The number of rotatable bonds is 4. The fourth-order valence-corrected chi connectivity index (χ4v) is 1.46. The van der Waals surface area contributed by atoms with Gasteiger partial charge < -0.3 is 10.5 Å². The summed E-state index contributed by atoms with van der Waals surface area (Å²) in [6, 6.07) is 0. The molecule has 0 saturated heterocycles. The van der Waals surface area contributed by atoms with Crippen molar-refractivity contribution in [3.63, 3.8) is 0 Å². The van der Waals surface area contributed by atoms with E-state index in [9.17, 15) is 4.79 Å². The van der Waals surface area contributed by atoms with Crippen molar-refractivity contribution in [2.24, 2.45) is 11.6 Å². The van der Waals surface area contributed by atoms with Gasteiger partial charge in [0.2, 0.25) is 0 Å². The summed E-state index contributed by atoms with van der Waals surface area (Å²) >= 11 is 0. The van der Waals surface area contributed by atoms with Gasteiger partial charge in [0.15, 0.2) is 5.60 Å². The Morgan fingerprint density at radius 2 is 2.50 bits per heavy atom. The molecule has 0 aromatic carbocycles. The largest absolute Gasteiger partial charge is 0.367 e. The third kappa shape index (κ3) is 2.01. The lowest BCUT2D eigenvalue weighted by Gasteiger charge is -2.29. The molecule has 0 fully saturated rings.